The number of rotatable bonds is 2. The van der Waals surface area contributed by atoms with Crippen LogP contribution in [-0.4, -0.2) is 15.0 Å². The molecule has 0 bridgehead atoms. The van der Waals surface area contributed by atoms with E-state index in [4.69, 9.17) is 0 Å². The molecule has 2 rings (SSSR count). The zero-order chi connectivity index (χ0) is 11.5. The molecular formula is C12H12BrN3. The molecule has 0 spiro atoms. The monoisotopic (exact) mass is 277 g/mol. The first-order valence-electron chi connectivity index (χ1n) is 5.15. The van der Waals surface area contributed by atoms with Crippen molar-refractivity contribution in [2.75, 3.05) is 0 Å². The minimum atomic E-state index is 0.861. The molecule has 0 amide bonds. The number of nitrogens with zero attached hydrogens (tertiary/aromatic N) is 3. The van der Waals surface area contributed by atoms with Gasteiger partial charge in [0.15, 0.2) is 0 Å². The minimum Gasteiger partial charge on any atom is -0.257 e. The van der Waals surface area contributed by atoms with Crippen LogP contribution in [0.15, 0.2) is 29.0 Å². The Morgan fingerprint density at radius 3 is 2.62 bits per heavy atom. The van der Waals surface area contributed by atoms with Crippen molar-refractivity contribution in [3.63, 3.8) is 0 Å². The Kier molecular flexibility index (Phi) is 3.29. The average molecular weight is 278 g/mol. The molecule has 0 aliphatic carbocycles. The standard InChI is InChI=1S/C12H12BrN3/c1-3-10-12(16-8(2)6-14-10)11-5-4-9(13)7-15-11/h4-7H,3H2,1-2H3. The maximum absolute atomic E-state index is 4.50. The van der Waals surface area contributed by atoms with E-state index in [1.54, 1.807) is 12.4 Å². The maximum atomic E-state index is 4.50. The highest BCUT2D eigenvalue weighted by molar-refractivity contribution is 9.10. The van der Waals surface area contributed by atoms with Gasteiger partial charge in [0.1, 0.15) is 5.69 Å². The summed E-state index contributed by atoms with van der Waals surface area (Å²) in [6.07, 6.45) is 4.43. The fraction of sp³-hybridized carbons (Fsp3) is 0.250. The summed E-state index contributed by atoms with van der Waals surface area (Å²) in [5, 5.41) is 0. The molecule has 0 saturated carbocycles. The second-order valence-corrected chi connectivity index (χ2v) is 4.44. The molecule has 82 valence electrons. The highest BCUT2D eigenvalue weighted by Gasteiger charge is 2.08. The number of aryl methyl sites for hydroxylation is 2. The molecule has 3 nitrogen and oxygen atoms in total. The van der Waals surface area contributed by atoms with Gasteiger partial charge >= 0.3 is 0 Å². The van der Waals surface area contributed by atoms with Crippen LogP contribution in [0.3, 0.4) is 0 Å². The smallest absolute Gasteiger partial charge is 0.110 e. The molecule has 2 heterocycles. The number of halogens is 1. The number of hydrogen-bond donors (Lipinski definition) is 0. The van der Waals surface area contributed by atoms with Crippen LogP contribution in [0.5, 0.6) is 0 Å². The summed E-state index contributed by atoms with van der Waals surface area (Å²) in [5.74, 6) is 0. The van der Waals surface area contributed by atoms with Crippen molar-refractivity contribution in [3.05, 3.63) is 40.4 Å². The van der Waals surface area contributed by atoms with Crippen molar-refractivity contribution in [1.82, 2.24) is 15.0 Å². The molecule has 4 heteroatoms. The second kappa shape index (κ2) is 4.70. The summed E-state index contributed by atoms with van der Waals surface area (Å²) in [6.45, 7) is 4.01. The van der Waals surface area contributed by atoms with E-state index in [0.29, 0.717) is 0 Å². The van der Waals surface area contributed by atoms with Gasteiger partial charge in [-0.1, -0.05) is 6.92 Å². The highest BCUT2D eigenvalue weighted by Crippen LogP contribution is 2.20. The van der Waals surface area contributed by atoms with Gasteiger partial charge in [0.05, 0.1) is 17.1 Å². The normalized spacial score (nSPS) is 10.4. The zero-order valence-electron chi connectivity index (χ0n) is 9.24. The third-order valence-corrected chi connectivity index (χ3v) is 2.74. The predicted molar refractivity (Wildman–Crippen MR) is 67.1 cm³/mol. The first kappa shape index (κ1) is 11.2. The molecule has 0 radical (unpaired) electrons. The number of hydrogen-bond acceptors (Lipinski definition) is 3. The van der Waals surface area contributed by atoms with E-state index < -0.39 is 0 Å². The molecule has 16 heavy (non-hydrogen) atoms. The van der Waals surface area contributed by atoms with Gasteiger partial charge in [0.25, 0.3) is 0 Å². The van der Waals surface area contributed by atoms with Gasteiger partial charge in [-0.3, -0.25) is 9.97 Å². The minimum absolute atomic E-state index is 0.861. The lowest BCUT2D eigenvalue weighted by molar-refractivity contribution is 0.977. The maximum Gasteiger partial charge on any atom is 0.110 e. The zero-order valence-corrected chi connectivity index (χ0v) is 10.8. The Hall–Kier alpha value is -1.29. The Balaban J connectivity index is 2.53. The van der Waals surface area contributed by atoms with Crippen molar-refractivity contribution >= 4 is 15.9 Å². The van der Waals surface area contributed by atoms with Crippen LogP contribution in [0.25, 0.3) is 11.4 Å². The summed E-state index contributed by atoms with van der Waals surface area (Å²) in [4.78, 5) is 13.2. The largest absolute Gasteiger partial charge is 0.257 e. The van der Waals surface area contributed by atoms with Crippen LogP contribution in [0.2, 0.25) is 0 Å². The highest BCUT2D eigenvalue weighted by atomic mass is 79.9. The lowest BCUT2D eigenvalue weighted by atomic mass is 10.2. The molecule has 2 aromatic rings. The molecular weight excluding hydrogens is 266 g/mol. The topological polar surface area (TPSA) is 38.7 Å². The van der Waals surface area contributed by atoms with Gasteiger partial charge in [0.2, 0.25) is 0 Å². The van der Waals surface area contributed by atoms with E-state index in [2.05, 4.69) is 37.8 Å². The van der Waals surface area contributed by atoms with Gasteiger partial charge < -0.3 is 0 Å². The van der Waals surface area contributed by atoms with E-state index in [0.717, 1.165) is 33.7 Å². The van der Waals surface area contributed by atoms with Crippen LogP contribution in [-0.2, 0) is 6.42 Å². The summed E-state index contributed by atoms with van der Waals surface area (Å²) in [5.41, 5.74) is 3.66. The van der Waals surface area contributed by atoms with Crippen LogP contribution >= 0.6 is 15.9 Å². The van der Waals surface area contributed by atoms with Crippen LogP contribution in [0.4, 0.5) is 0 Å². The molecule has 0 saturated heterocycles. The predicted octanol–water partition coefficient (Wildman–Crippen LogP) is 3.17. The molecule has 0 aliphatic rings. The second-order valence-electron chi connectivity index (χ2n) is 3.52. The van der Waals surface area contributed by atoms with Gasteiger partial charge in [-0.05, 0) is 41.4 Å². The van der Waals surface area contributed by atoms with E-state index in [1.807, 2.05) is 19.1 Å². The Bertz CT molecular complexity index is 494. The molecule has 0 aliphatic heterocycles. The third-order valence-electron chi connectivity index (χ3n) is 2.27. The van der Waals surface area contributed by atoms with E-state index in [-0.39, 0.29) is 0 Å². The average Bonchev–Trinajstić information content (AvgIpc) is 2.30. The summed E-state index contributed by atoms with van der Waals surface area (Å²) in [6, 6.07) is 3.92. The van der Waals surface area contributed by atoms with Crippen LogP contribution in [0, 0.1) is 6.92 Å². The third kappa shape index (κ3) is 2.27. The molecule has 0 fully saturated rings. The number of pyridine rings is 1. The van der Waals surface area contributed by atoms with Crippen molar-refractivity contribution in [2.24, 2.45) is 0 Å². The quantitative estimate of drug-likeness (QED) is 0.846. The summed E-state index contributed by atoms with van der Waals surface area (Å²) in [7, 11) is 0. The molecule has 0 N–H and O–H groups in total. The number of aromatic nitrogens is 3. The van der Waals surface area contributed by atoms with Crippen LogP contribution in [0.1, 0.15) is 18.3 Å². The fourth-order valence-corrected chi connectivity index (χ4v) is 1.72. The lowest BCUT2D eigenvalue weighted by Gasteiger charge is -2.06. The van der Waals surface area contributed by atoms with Gasteiger partial charge in [0, 0.05) is 16.9 Å². The Morgan fingerprint density at radius 1 is 1.19 bits per heavy atom. The van der Waals surface area contributed by atoms with E-state index >= 15 is 0 Å². The SMILES string of the molecule is CCc1ncc(C)nc1-c1ccc(Br)cn1. The first-order chi connectivity index (χ1) is 7.70. The Morgan fingerprint density at radius 2 is 2.00 bits per heavy atom. The van der Waals surface area contributed by atoms with Crippen molar-refractivity contribution in [3.8, 4) is 11.4 Å². The first-order valence-corrected chi connectivity index (χ1v) is 5.94. The van der Waals surface area contributed by atoms with E-state index in [1.165, 1.54) is 0 Å². The molecule has 0 unspecified atom stereocenters. The van der Waals surface area contributed by atoms with E-state index in [9.17, 15) is 0 Å². The molecule has 2 aromatic heterocycles. The van der Waals surface area contributed by atoms with Gasteiger partial charge in [-0.15, -0.1) is 0 Å². The van der Waals surface area contributed by atoms with Gasteiger partial charge in [-0.25, -0.2) is 4.98 Å². The molecule has 0 aromatic carbocycles. The fourth-order valence-electron chi connectivity index (χ4n) is 1.48. The summed E-state index contributed by atoms with van der Waals surface area (Å²) < 4.78 is 0.968. The Labute approximate surface area is 103 Å². The van der Waals surface area contributed by atoms with Crippen molar-refractivity contribution in [1.29, 1.82) is 0 Å². The van der Waals surface area contributed by atoms with Gasteiger partial charge in [-0.2, -0.15) is 0 Å². The molecule has 0 atom stereocenters. The van der Waals surface area contributed by atoms with Crippen molar-refractivity contribution < 1.29 is 0 Å². The summed E-state index contributed by atoms with van der Waals surface area (Å²) >= 11 is 3.37. The van der Waals surface area contributed by atoms with Crippen molar-refractivity contribution in [2.45, 2.75) is 20.3 Å². The van der Waals surface area contributed by atoms with Crippen LogP contribution < -0.4 is 0 Å². The lowest BCUT2D eigenvalue weighted by Crippen LogP contribution is -1.99.